The summed E-state index contributed by atoms with van der Waals surface area (Å²) in [5.74, 6) is 0.902. The van der Waals surface area contributed by atoms with E-state index >= 15 is 0 Å². The number of ether oxygens (including phenoxy) is 1. The average Bonchev–Trinajstić information content (AvgIpc) is 3.13. The van der Waals surface area contributed by atoms with E-state index in [1.54, 1.807) is 7.11 Å². The molecule has 0 bridgehead atoms. The van der Waals surface area contributed by atoms with Gasteiger partial charge in [-0.25, -0.2) is 0 Å². The van der Waals surface area contributed by atoms with Crippen LogP contribution in [0.5, 0.6) is 5.75 Å². The van der Waals surface area contributed by atoms with Crippen LogP contribution in [0, 0.1) is 0 Å². The van der Waals surface area contributed by atoms with E-state index in [4.69, 9.17) is 4.74 Å². The lowest BCUT2D eigenvalue weighted by molar-refractivity contribution is 0.123. The lowest BCUT2D eigenvalue weighted by Crippen LogP contribution is -2.29. The molecule has 1 fully saturated rings. The molecule has 3 rings (SSSR count). The van der Waals surface area contributed by atoms with Crippen molar-refractivity contribution in [1.82, 2.24) is 4.90 Å². The van der Waals surface area contributed by atoms with Gasteiger partial charge in [0, 0.05) is 12.5 Å². The van der Waals surface area contributed by atoms with Crippen molar-refractivity contribution in [3.63, 3.8) is 0 Å². The first-order valence-electron chi connectivity index (χ1n) is 8.37. The number of benzene rings is 2. The Morgan fingerprint density at radius 2 is 1.61 bits per heavy atom. The molecule has 1 aliphatic heterocycles. The van der Waals surface area contributed by atoms with Crippen molar-refractivity contribution in [3.8, 4) is 5.75 Å². The number of hydrogen-bond donors (Lipinski definition) is 1. The maximum absolute atomic E-state index is 11.0. The van der Waals surface area contributed by atoms with Gasteiger partial charge in [-0.1, -0.05) is 42.5 Å². The molecule has 23 heavy (non-hydrogen) atoms. The van der Waals surface area contributed by atoms with Gasteiger partial charge in [-0.05, 0) is 49.2 Å². The van der Waals surface area contributed by atoms with Gasteiger partial charge < -0.3 is 14.7 Å². The van der Waals surface area contributed by atoms with E-state index < -0.39 is 6.10 Å². The second-order valence-electron chi connectivity index (χ2n) is 6.24. The highest BCUT2D eigenvalue weighted by molar-refractivity contribution is 5.32. The second-order valence-corrected chi connectivity index (χ2v) is 6.24. The van der Waals surface area contributed by atoms with E-state index in [0.29, 0.717) is 0 Å². The summed E-state index contributed by atoms with van der Waals surface area (Å²) in [4.78, 5) is 2.46. The van der Waals surface area contributed by atoms with Crippen LogP contribution in [-0.2, 0) is 0 Å². The molecule has 0 unspecified atom stereocenters. The van der Waals surface area contributed by atoms with Crippen molar-refractivity contribution in [2.45, 2.75) is 24.9 Å². The van der Waals surface area contributed by atoms with Crippen molar-refractivity contribution in [2.24, 2.45) is 0 Å². The predicted octanol–water partition coefficient (Wildman–Crippen LogP) is 3.61. The molecule has 122 valence electrons. The topological polar surface area (TPSA) is 32.7 Å². The number of nitrogens with zero attached hydrogens (tertiary/aromatic N) is 1. The van der Waals surface area contributed by atoms with Gasteiger partial charge >= 0.3 is 0 Å². The summed E-state index contributed by atoms with van der Waals surface area (Å²) in [5.41, 5.74) is 2.14. The molecule has 1 heterocycles. The monoisotopic (exact) mass is 311 g/mol. The molecule has 0 amide bonds. The van der Waals surface area contributed by atoms with Crippen LogP contribution in [-0.4, -0.2) is 36.8 Å². The lowest BCUT2D eigenvalue weighted by atomic mass is 9.88. The largest absolute Gasteiger partial charge is 0.497 e. The summed E-state index contributed by atoms with van der Waals surface area (Å²) in [6.07, 6.45) is 2.02. The molecule has 0 aromatic heterocycles. The van der Waals surface area contributed by atoms with Gasteiger partial charge in [0.05, 0.1) is 13.2 Å². The zero-order valence-electron chi connectivity index (χ0n) is 13.7. The van der Waals surface area contributed by atoms with Crippen LogP contribution >= 0.6 is 0 Å². The summed E-state index contributed by atoms with van der Waals surface area (Å²) in [7, 11) is 1.66. The van der Waals surface area contributed by atoms with Crippen LogP contribution in [0.15, 0.2) is 54.6 Å². The van der Waals surface area contributed by atoms with Crippen molar-refractivity contribution in [1.29, 1.82) is 0 Å². The summed E-state index contributed by atoms with van der Waals surface area (Å²) in [6.45, 7) is 3.18. The first-order valence-corrected chi connectivity index (χ1v) is 8.37. The van der Waals surface area contributed by atoms with Crippen molar-refractivity contribution < 1.29 is 9.84 Å². The van der Waals surface area contributed by atoms with E-state index in [0.717, 1.165) is 30.9 Å². The molecule has 2 aromatic rings. The van der Waals surface area contributed by atoms with Gasteiger partial charge in [-0.2, -0.15) is 0 Å². The molecule has 1 N–H and O–H groups in total. The fourth-order valence-electron chi connectivity index (χ4n) is 3.36. The molecule has 3 heteroatoms. The van der Waals surface area contributed by atoms with E-state index in [-0.39, 0.29) is 5.92 Å². The molecule has 3 nitrogen and oxygen atoms in total. The van der Waals surface area contributed by atoms with Gasteiger partial charge in [-0.15, -0.1) is 0 Å². The molecule has 1 saturated heterocycles. The van der Waals surface area contributed by atoms with Gasteiger partial charge in [0.25, 0.3) is 0 Å². The Balaban J connectivity index is 1.83. The third-order valence-electron chi connectivity index (χ3n) is 4.72. The van der Waals surface area contributed by atoms with Crippen molar-refractivity contribution in [3.05, 3.63) is 65.7 Å². The Morgan fingerprint density at radius 1 is 0.957 bits per heavy atom. The first-order chi connectivity index (χ1) is 11.3. The minimum atomic E-state index is -0.510. The zero-order valence-corrected chi connectivity index (χ0v) is 13.7. The average molecular weight is 311 g/mol. The molecule has 2 aromatic carbocycles. The van der Waals surface area contributed by atoms with Crippen LogP contribution in [0.3, 0.4) is 0 Å². The molecule has 0 saturated carbocycles. The Bertz CT molecular complexity index is 591. The van der Waals surface area contributed by atoms with Crippen LogP contribution in [0.1, 0.15) is 36.0 Å². The predicted molar refractivity (Wildman–Crippen MR) is 92.8 cm³/mol. The second kappa shape index (κ2) is 7.62. The summed E-state index contributed by atoms with van der Waals surface area (Å²) in [5, 5.41) is 11.0. The molecular formula is C20H25NO2. The first kappa shape index (κ1) is 16.0. The van der Waals surface area contributed by atoms with E-state index in [1.807, 2.05) is 42.5 Å². The van der Waals surface area contributed by atoms with E-state index in [1.165, 1.54) is 18.4 Å². The maximum atomic E-state index is 11.0. The third kappa shape index (κ3) is 3.92. The summed E-state index contributed by atoms with van der Waals surface area (Å²) < 4.78 is 5.21. The minimum Gasteiger partial charge on any atom is -0.497 e. The van der Waals surface area contributed by atoms with Gasteiger partial charge in [0.15, 0.2) is 0 Å². The number of methoxy groups -OCH3 is 1. The van der Waals surface area contributed by atoms with Crippen molar-refractivity contribution >= 4 is 0 Å². The van der Waals surface area contributed by atoms with Crippen LogP contribution in [0.4, 0.5) is 0 Å². The summed E-state index contributed by atoms with van der Waals surface area (Å²) in [6, 6.07) is 18.1. The molecule has 0 aliphatic carbocycles. The van der Waals surface area contributed by atoms with Gasteiger partial charge in [0.2, 0.25) is 0 Å². The Labute approximate surface area is 138 Å². The molecule has 1 aliphatic rings. The normalized spacial score (nSPS) is 17.8. The Morgan fingerprint density at radius 3 is 2.22 bits per heavy atom. The highest BCUT2D eigenvalue weighted by atomic mass is 16.5. The third-order valence-corrected chi connectivity index (χ3v) is 4.72. The number of aliphatic hydroxyl groups excluding tert-OH is 1. The fraction of sp³-hybridized carbons (Fsp3) is 0.400. The maximum Gasteiger partial charge on any atom is 0.118 e. The van der Waals surface area contributed by atoms with Crippen LogP contribution < -0.4 is 4.74 Å². The molecule has 0 spiro atoms. The van der Waals surface area contributed by atoms with Crippen molar-refractivity contribution in [2.75, 3.05) is 26.7 Å². The Kier molecular flexibility index (Phi) is 5.31. The number of rotatable bonds is 6. The van der Waals surface area contributed by atoms with Gasteiger partial charge in [-0.3, -0.25) is 0 Å². The Hall–Kier alpha value is -1.84. The quantitative estimate of drug-likeness (QED) is 0.884. The number of aliphatic hydroxyl groups is 1. The SMILES string of the molecule is COc1ccc([C@H](O)[C@H](CN2CCCC2)c2ccccc2)cc1. The molecule has 2 atom stereocenters. The number of likely N-dealkylation sites (tertiary alicyclic amines) is 1. The minimum absolute atomic E-state index is 0.0858. The van der Waals surface area contributed by atoms with Crippen LogP contribution in [0.25, 0.3) is 0 Å². The van der Waals surface area contributed by atoms with E-state index in [2.05, 4.69) is 17.0 Å². The van der Waals surface area contributed by atoms with E-state index in [9.17, 15) is 5.11 Å². The highest BCUT2D eigenvalue weighted by Crippen LogP contribution is 2.33. The standard InChI is InChI=1S/C20H25NO2/c1-23-18-11-9-17(10-12-18)20(22)19(15-21-13-5-6-14-21)16-7-3-2-4-8-16/h2-4,7-12,19-20,22H,5-6,13-15H2,1H3/t19-,20+/m1/s1. The lowest BCUT2D eigenvalue weighted by Gasteiger charge is -2.28. The molecule has 0 radical (unpaired) electrons. The molecular weight excluding hydrogens is 286 g/mol. The zero-order chi connectivity index (χ0) is 16.1. The number of hydrogen-bond acceptors (Lipinski definition) is 3. The fourth-order valence-corrected chi connectivity index (χ4v) is 3.36. The smallest absolute Gasteiger partial charge is 0.118 e. The summed E-state index contributed by atoms with van der Waals surface area (Å²) >= 11 is 0. The highest BCUT2D eigenvalue weighted by Gasteiger charge is 2.26. The van der Waals surface area contributed by atoms with Gasteiger partial charge in [0.1, 0.15) is 5.75 Å². The van der Waals surface area contributed by atoms with Crippen LogP contribution in [0.2, 0.25) is 0 Å².